The van der Waals surface area contributed by atoms with Gasteiger partial charge in [0, 0.05) is 12.5 Å². The van der Waals surface area contributed by atoms with Crippen molar-refractivity contribution in [1.29, 1.82) is 0 Å². The van der Waals surface area contributed by atoms with Crippen LogP contribution in [-0.4, -0.2) is 17.4 Å². The van der Waals surface area contributed by atoms with Crippen molar-refractivity contribution in [3.8, 4) is 0 Å². The molecule has 1 atom stereocenters. The van der Waals surface area contributed by atoms with Crippen molar-refractivity contribution in [1.82, 2.24) is 4.98 Å². The summed E-state index contributed by atoms with van der Waals surface area (Å²) >= 11 is 7.58. The molecule has 0 spiro atoms. The summed E-state index contributed by atoms with van der Waals surface area (Å²) in [6, 6.07) is 3.64. The highest BCUT2D eigenvalue weighted by molar-refractivity contribution is 7.16. The summed E-state index contributed by atoms with van der Waals surface area (Å²) in [5.41, 5.74) is 8.46. The first-order valence-corrected chi connectivity index (χ1v) is 6.42. The van der Waals surface area contributed by atoms with Gasteiger partial charge in [-0.2, -0.15) is 0 Å². The number of thiazole rings is 1. The van der Waals surface area contributed by atoms with Gasteiger partial charge in [0.15, 0.2) is 0 Å². The second-order valence-electron chi connectivity index (χ2n) is 3.75. The number of aromatic nitrogens is 1. The first-order valence-electron chi connectivity index (χ1n) is 5.16. The van der Waals surface area contributed by atoms with E-state index >= 15 is 0 Å². The first-order chi connectivity index (χ1) is 8.13. The second kappa shape index (κ2) is 5.00. The summed E-state index contributed by atoms with van der Waals surface area (Å²) in [5, 5.41) is 3.27. The Labute approximate surface area is 108 Å². The van der Waals surface area contributed by atoms with Crippen LogP contribution in [0, 0.1) is 5.92 Å². The van der Waals surface area contributed by atoms with Gasteiger partial charge in [-0.1, -0.05) is 18.5 Å². The summed E-state index contributed by atoms with van der Waals surface area (Å²) in [6.45, 7) is 2.07. The Morgan fingerprint density at radius 2 is 2.41 bits per heavy atom. The van der Waals surface area contributed by atoms with Crippen molar-refractivity contribution >= 4 is 44.7 Å². The fourth-order valence-corrected chi connectivity index (χ4v) is 2.26. The number of rotatable bonds is 3. The van der Waals surface area contributed by atoms with E-state index in [-0.39, 0.29) is 11.8 Å². The van der Waals surface area contributed by atoms with Crippen molar-refractivity contribution in [2.75, 3.05) is 11.9 Å². The van der Waals surface area contributed by atoms with Crippen LogP contribution >= 0.6 is 22.9 Å². The Morgan fingerprint density at radius 3 is 3.12 bits per heavy atom. The average Bonchev–Trinajstić information content (AvgIpc) is 2.80. The standard InChI is InChI=1S/C11H12ClN3OS/c1-6(4-13)11(16)15-9-7(12)2-3-8-10(9)14-5-17-8/h2-3,5-6H,4,13H2,1H3,(H,15,16). The van der Waals surface area contributed by atoms with Crippen LogP contribution in [0.3, 0.4) is 0 Å². The van der Waals surface area contributed by atoms with Crippen molar-refractivity contribution in [3.05, 3.63) is 22.7 Å². The van der Waals surface area contributed by atoms with Crippen molar-refractivity contribution < 1.29 is 4.79 Å². The molecule has 2 aromatic rings. The Morgan fingerprint density at radius 1 is 1.65 bits per heavy atom. The number of carbonyl (C=O) groups excluding carboxylic acids is 1. The lowest BCUT2D eigenvalue weighted by atomic mass is 10.1. The van der Waals surface area contributed by atoms with Crippen molar-refractivity contribution in [3.63, 3.8) is 0 Å². The number of amides is 1. The van der Waals surface area contributed by atoms with Crippen LogP contribution in [0.4, 0.5) is 5.69 Å². The molecule has 1 heterocycles. The van der Waals surface area contributed by atoms with Crippen LogP contribution < -0.4 is 11.1 Å². The number of benzene rings is 1. The molecule has 0 aliphatic carbocycles. The smallest absolute Gasteiger partial charge is 0.228 e. The molecule has 0 aliphatic heterocycles. The van der Waals surface area contributed by atoms with Crippen LogP contribution in [0.5, 0.6) is 0 Å². The molecular formula is C11H12ClN3OS. The number of hydrogen-bond donors (Lipinski definition) is 2. The molecule has 0 bridgehead atoms. The van der Waals surface area contributed by atoms with Crippen LogP contribution in [0.1, 0.15) is 6.92 Å². The molecule has 1 aromatic heterocycles. The molecule has 1 unspecified atom stereocenters. The largest absolute Gasteiger partial charge is 0.330 e. The minimum absolute atomic E-state index is 0.144. The van der Waals surface area contributed by atoms with E-state index < -0.39 is 0 Å². The highest BCUT2D eigenvalue weighted by atomic mass is 35.5. The number of anilines is 1. The molecule has 1 amide bonds. The van der Waals surface area contributed by atoms with Gasteiger partial charge in [-0.15, -0.1) is 11.3 Å². The summed E-state index contributed by atoms with van der Waals surface area (Å²) < 4.78 is 0.991. The maximum atomic E-state index is 11.8. The predicted molar refractivity (Wildman–Crippen MR) is 71.5 cm³/mol. The van der Waals surface area contributed by atoms with Crippen molar-refractivity contribution in [2.24, 2.45) is 11.7 Å². The van der Waals surface area contributed by atoms with Crippen LogP contribution in [0.25, 0.3) is 10.2 Å². The Bertz CT molecular complexity index is 555. The SMILES string of the molecule is CC(CN)C(=O)Nc1c(Cl)ccc2scnc12. The molecule has 3 N–H and O–H groups in total. The molecule has 90 valence electrons. The lowest BCUT2D eigenvalue weighted by Gasteiger charge is -2.11. The van der Waals surface area contributed by atoms with Gasteiger partial charge in [-0.05, 0) is 12.1 Å². The molecule has 0 aliphatic rings. The zero-order valence-electron chi connectivity index (χ0n) is 9.24. The van der Waals surface area contributed by atoms with E-state index in [2.05, 4.69) is 10.3 Å². The fraction of sp³-hybridized carbons (Fsp3) is 0.273. The van der Waals surface area contributed by atoms with Gasteiger partial charge in [-0.25, -0.2) is 4.98 Å². The number of halogens is 1. The molecule has 1 aromatic carbocycles. The van der Waals surface area contributed by atoms with Crippen LogP contribution in [-0.2, 0) is 4.79 Å². The number of nitrogens with one attached hydrogen (secondary N) is 1. The second-order valence-corrected chi connectivity index (χ2v) is 5.04. The summed E-state index contributed by atoms with van der Waals surface area (Å²) in [4.78, 5) is 16.0. The van der Waals surface area contributed by atoms with E-state index in [9.17, 15) is 4.79 Å². The average molecular weight is 270 g/mol. The molecule has 6 heteroatoms. The zero-order chi connectivity index (χ0) is 12.4. The summed E-state index contributed by atoms with van der Waals surface area (Å²) in [5.74, 6) is -0.394. The van der Waals surface area contributed by atoms with Crippen molar-refractivity contribution in [2.45, 2.75) is 6.92 Å². The molecular weight excluding hydrogens is 258 g/mol. The highest BCUT2D eigenvalue weighted by Crippen LogP contribution is 2.32. The van der Waals surface area contributed by atoms with E-state index in [1.807, 2.05) is 6.07 Å². The van der Waals surface area contributed by atoms with Gasteiger partial charge < -0.3 is 11.1 Å². The molecule has 4 nitrogen and oxygen atoms in total. The Hall–Kier alpha value is -1.17. The predicted octanol–water partition coefficient (Wildman–Crippen LogP) is 2.48. The van der Waals surface area contributed by atoms with Gasteiger partial charge >= 0.3 is 0 Å². The molecule has 17 heavy (non-hydrogen) atoms. The number of nitrogens with zero attached hydrogens (tertiary/aromatic N) is 1. The summed E-state index contributed by atoms with van der Waals surface area (Å²) in [6.07, 6.45) is 0. The topological polar surface area (TPSA) is 68.0 Å². The molecule has 2 rings (SSSR count). The molecule has 0 saturated heterocycles. The van der Waals surface area contributed by atoms with Gasteiger partial charge in [0.05, 0.1) is 20.9 Å². The van der Waals surface area contributed by atoms with E-state index in [1.54, 1.807) is 18.5 Å². The van der Waals surface area contributed by atoms with Gasteiger partial charge in [0.2, 0.25) is 5.91 Å². The van der Waals surface area contributed by atoms with E-state index in [1.165, 1.54) is 11.3 Å². The third-order valence-corrected chi connectivity index (χ3v) is 3.61. The van der Waals surface area contributed by atoms with Crippen LogP contribution in [0.15, 0.2) is 17.6 Å². The minimum Gasteiger partial charge on any atom is -0.330 e. The van der Waals surface area contributed by atoms with Gasteiger partial charge in [0.25, 0.3) is 0 Å². The van der Waals surface area contributed by atoms with E-state index in [4.69, 9.17) is 17.3 Å². The summed E-state index contributed by atoms with van der Waals surface area (Å²) in [7, 11) is 0. The number of fused-ring (bicyclic) bond motifs is 1. The lowest BCUT2D eigenvalue weighted by molar-refractivity contribution is -0.119. The Balaban J connectivity index is 2.37. The number of carbonyl (C=O) groups is 1. The molecule has 0 radical (unpaired) electrons. The van der Waals surface area contributed by atoms with E-state index in [0.717, 1.165) is 10.2 Å². The van der Waals surface area contributed by atoms with E-state index in [0.29, 0.717) is 17.3 Å². The maximum absolute atomic E-state index is 11.8. The van der Waals surface area contributed by atoms with Gasteiger partial charge in [0.1, 0.15) is 5.52 Å². The molecule has 0 saturated carbocycles. The van der Waals surface area contributed by atoms with Crippen LogP contribution in [0.2, 0.25) is 5.02 Å². The zero-order valence-corrected chi connectivity index (χ0v) is 10.8. The number of hydrogen-bond acceptors (Lipinski definition) is 4. The normalized spacial score (nSPS) is 12.6. The van der Waals surface area contributed by atoms with Gasteiger partial charge in [-0.3, -0.25) is 4.79 Å². The fourth-order valence-electron chi connectivity index (χ4n) is 1.38. The first kappa shape index (κ1) is 12.3. The number of nitrogens with two attached hydrogens (primary N) is 1. The maximum Gasteiger partial charge on any atom is 0.228 e. The lowest BCUT2D eigenvalue weighted by Crippen LogP contribution is -2.26. The quantitative estimate of drug-likeness (QED) is 0.899. The molecule has 0 fully saturated rings. The third kappa shape index (κ3) is 2.41. The monoisotopic (exact) mass is 269 g/mol. The minimum atomic E-state index is -0.250. The Kier molecular flexibility index (Phi) is 3.61. The third-order valence-electron chi connectivity index (χ3n) is 2.50. The highest BCUT2D eigenvalue weighted by Gasteiger charge is 2.15.